The number of anilines is 2. The second kappa shape index (κ2) is 10.5. The number of nitrogens with one attached hydrogen (secondary N) is 1. The Morgan fingerprint density at radius 3 is 2.21 bits per heavy atom. The molecule has 0 bridgehead atoms. The van der Waals surface area contributed by atoms with E-state index in [1.807, 2.05) is 92.7 Å². The number of rotatable bonds is 6. The molecule has 0 spiro atoms. The SMILES string of the molecule is Cc1ccc(NC(=O)c2ccccc2N(Cc2ccc(Br)cc2)C(=O)c2ccccc2)c(C)c1. The summed E-state index contributed by atoms with van der Waals surface area (Å²) in [4.78, 5) is 28.7. The summed E-state index contributed by atoms with van der Waals surface area (Å²) >= 11 is 3.46. The molecule has 170 valence electrons. The van der Waals surface area contributed by atoms with Crippen LogP contribution >= 0.6 is 15.9 Å². The fraction of sp³-hybridized carbons (Fsp3) is 0.103. The van der Waals surface area contributed by atoms with Crippen molar-refractivity contribution >= 4 is 39.1 Å². The summed E-state index contributed by atoms with van der Waals surface area (Å²) in [7, 11) is 0. The van der Waals surface area contributed by atoms with Crippen LogP contribution in [0.15, 0.2) is 102 Å². The van der Waals surface area contributed by atoms with Crippen LogP contribution in [0.5, 0.6) is 0 Å². The predicted octanol–water partition coefficient (Wildman–Crippen LogP) is 7.17. The average molecular weight is 513 g/mol. The van der Waals surface area contributed by atoms with Crippen LogP contribution in [-0.4, -0.2) is 11.8 Å². The van der Waals surface area contributed by atoms with Crippen molar-refractivity contribution in [2.24, 2.45) is 0 Å². The molecule has 1 N–H and O–H groups in total. The van der Waals surface area contributed by atoms with Gasteiger partial charge in [-0.25, -0.2) is 0 Å². The van der Waals surface area contributed by atoms with Gasteiger partial charge in [0.2, 0.25) is 0 Å². The summed E-state index contributed by atoms with van der Waals surface area (Å²) < 4.78 is 0.963. The van der Waals surface area contributed by atoms with E-state index in [9.17, 15) is 9.59 Å². The van der Waals surface area contributed by atoms with Crippen LogP contribution in [-0.2, 0) is 6.54 Å². The van der Waals surface area contributed by atoms with Crippen LogP contribution in [0.4, 0.5) is 11.4 Å². The third-order valence-corrected chi connectivity index (χ3v) is 6.12. The summed E-state index contributed by atoms with van der Waals surface area (Å²) in [5, 5.41) is 3.02. The number of amides is 2. The molecule has 0 aliphatic rings. The van der Waals surface area contributed by atoms with Gasteiger partial charge < -0.3 is 10.2 Å². The Balaban J connectivity index is 1.73. The molecule has 0 saturated heterocycles. The molecule has 5 heteroatoms. The number of carbonyl (C=O) groups is 2. The van der Waals surface area contributed by atoms with Gasteiger partial charge in [0.15, 0.2) is 0 Å². The van der Waals surface area contributed by atoms with Crippen molar-refractivity contribution in [2.75, 3.05) is 10.2 Å². The molecule has 0 heterocycles. The number of para-hydroxylation sites is 1. The van der Waals surface area contributed by atoms with Crippen molar-refractivity contribution in [3.8, 4) is 0 Å². The summed E-state index contributed by atoms with van der Waals surface area (Å²) in [6.07, 6.45) is 0. The molecule has 0 aliphatic carbocycles. The minimum Gasteiger partial charge on any atom is -0.322 e. The number of benzene rings is 4. The van der Waals surface area contributed by atoms with Gasteiger partial charge in [-0.05, 0) is 67.4 Å². The second-order valence-corrected chi connectivity index (χ2v) is 9.09. The van der Waals surface area contributed by atoms with Gasteiger partial charge in [0.1, 0.15) is 0 Å². The van der Waals surface area contributed by atoms with E-state index in [2.05, 4.69) is 21.2 Å². The van der Waals surface area contributed by atoms with E-state index in [4.69, 9.17) is 0 Å². The lowest BCUT2D eigenvalue weighted by Crippen LogP contribution is -2.32. The number of hydrogen-bond donors (Lipinski definition) is 1. The quantitative estimate of drug-likeness (QED) is 0.297. The van der Waals surface area contributed by atoms with Crippen LogP contribution in [0.25, 0.3) is 0 Å². The van der Waals surface area contributed by atoms with Crippen LogP contribution in [0.2, 0.25) is 0 Å². The van der Waals surface area contributed by atoms with Crippen molar-refractivity contribution in [1.82, 2.24) is 0 Å². The summed E-state index contributed by atoms with van der Waals surface area (Å²) in [6, 6.07) is 30.1. The van der Waals surface area contributed by atoms with Gasteiger partial charge >= 0.3 is 0 Å². The number of nitrogens with zero attached hydrogens (tertiary/aromatic N) is 1. The molecule has 0 aromatic heterocycles. The Hall–Kier alpha value is -3.70. The molecule has 0 atom stereocenters. The first-order valence-electron chi connectivity index (χ1n) is 11.0. The van der Waals surface area contributed by atoms with E-state index in [-0.39, 0.29) is 11.8 Å². The van der Waals surface area contributed by atoms with Gasteiger partial charge in [0.05, 0.1) is 17.8 Å². The largest absolute Gasteiger partial charge is 0.322 e. The Morgan fingerprint density at radius 2 is 1.50 bits per heavy atom. The van der Waals surface area contributed by atoms with Crippen molar-refractivity contribution in [2.45, 2.75) is 20.4 Å². The molecule has 0 fully saturated rings. The summed E-state index contributed by atoms with van der Waals surface area (Å²) in [5.74, 6) is -0.431. The van der Waals surface area contributed by atoms with Gasteiger partial charge in [-0.1, -0.05) is 76.1 Å². The first-order chi connectivity index (χ1) is 16.4. The highest BCUT2D eigenvalue weighted by Gasteiger charge is 2.23. The first-order valence-corrected chi connectivity index (χ1v) is 11.8. The standard InChI is InChI=1S/C29H25BrN2O2/c1-20-12-17-26(21(2)18-20)31-28(33)25-10-6-7-11-27(25)32(19-22-13-15-24(30)16-14-22)29(34)23-8-4-3-5-9-23/h3-18H,19H2,1-2H3,(H,31,33). The maximum atomic E-state index is 13.6. The Kier molecular flexibility index (Phi) is 7.24. The predicted molar refractivity (Wildman–Crippen MR) is 141 cm³/mol. The third-order valence-electron chi connectivity index (χ3n) is 5.59. The smallest absolute Gasteiger partial charge is 0.258 e. The molecule has 34 heavy (non-hydrogen) atoms. The summed E-state index contributed by atoms with van der Waals surface area (Å²) in [5.41, 5.74) is 5.37. The third kappa shape index (κ3) is 5.43. The van der Waals surface area contributed by atoms with Crippen LogP contribution in [0.3, 0.4) is 0 Å². The van der Waals surface area contributed by atoms with Gasteiger partial charge in [0.25, 0.3) is 11.8 Å². The lowest BCUT2D eigenvalue weighted by molar-refractivity contribution is 0.0985. The van der Waals surface area contributed by atoms with Crippen molar-refractivity contribution in [1.29, 1.82) is 0 Å². The van der Waals surface area contributed by atoms with Gasteiger partial charge in [-0.2, -0.15) is 0 Å². The second-order valence-electron chi connectivity index (χ2n) is 8.17. The molecular formula is C29H25BrN2O2. The lowest BCUT2D eigenvalue weighted by atomic mass is 10.1. The van der Waals surface area contributed by atoms with Gasteiger partial charge in [-0.3, -0.25) is 9.59 Å². The van der Waals surface area contributed by atoms with E-state index >= 15 is 0 Å². The highest BCUT2D eigenvalue weighted by molar-refractivity contribution is 9.10. The molecule has 2 amide bonds. The normalized spacial score (nSPS) is 10.6. The minimum atomic E-state index is -0.260. The number of halogens is 1. The average Bonchev–Trinajstić information content (AvgIpc) is 2.85. The van der Waals surface area contributed by atoms with Gasteiger partial charge in [0, 0.05) is 15.7 Å². The van der Waals surface area contributed by atoms with Crippen molar-refractivity contribution < 1.29 is 9.59 Å². The van der Waals surface area contributed by atoms with Crippen LogP contribution in [0, 0.1) is 13.8 Å². The monoisotopic (exact) mass is 512 g/mol. The number of carbonyl (C=O) groups excluding carboxylic acids is 2. The van der Waals surface area contributed by atoms with E-state index in [1.54, 1.807) is 23.1 Å². The van der Waals surface area contributed by atoms with Crippen molar-refractivity contribution in [3.05, 3.63) is 129 Å². The highest BCUT2D eigenvalue weighted by Crippen LogP contribution is 2.27. The highest BCUT2D eigenvalue weighted by atomic mass is 79.9. The zero-order valence-corrected chi connectivity index (χ0v) is 20.7. The van der Waals surface area contributed by atoms with Crippen molar-refractivity contribution in [3.63, 3.8) is 0 Å². The van der Waals surface area contributed by atoms with E-state index in [0.717, 1.165) is 26.9 Å². The van der Waals surface area contributed by atoms with E-state index < -0.39 is 0 Å². The molecule has 4 nitrogen and oxygen atoms in total. The van der Waals surface area contributed by atoms with Gasteiger partial charge in [-0.15, -0.1) is 0 Å². The fourth-order valence-electron chi connectivity index (χ4n) is 3.82. The van der Waals surface area contributed by atoms with E-state index in [1.165, 1.54) is 0 Å². The zero-order chi connectivity index (χ0) is 24.1. The maximum Gasteiger partial charge on any atom is 0.258 e. The molecule has 0 aliphatic heterocycles. The van der Waals surface area contributed by atoms with E-state index in [0.29, 0.717) is 23.4 Å². The number of hydrogen-bond acceptors (Lipinski definition) is 2. The zero-order valence-electron chi connectivity index (χ0n) is 19.1. The topological polar surface area (TPSA) is 49.4 Å². The van der Waals surface area contributed by atoms with Crippen LogP contribution < -0.4 is 10.2 Å². The minimum absolute atomic E-state index is 0.171. The Morgan fingerprint density at radius 1 is 0.824 bits per heavy atom. The molecule has 4 aromatic rings. The Bertz CT molecular complexity index is 1320. The fourth-order valence-corrected chi connectivity index (χ4v) is 4.08. The van der Waals surface area contributed by atoms with Crippen LogP contribution in [0.1, 0.15) is 37.4 Å². The summed E-state index contributed by atoms with van der Waals surface area (Å²) in [6.45, 7) is 4.31. The Labute approximate surface area is 208 Å². The molecule has 0 unspecified atom stereocenters. The number of aryl methyl sites for hydroxylation is 2. The molecule has 4 aromatic carbocycles. The lowest BCUT2D eigenvalue weighted by Gasteiger charge is -2.25. The molecule has 4 rings (SSSR count). The maximum absolute atomic E-state index is 13.6. The molecule has 0 saturated carbocycles. The molecule has 0 radical (unpaired) electrons. The first kappa shape index (κ1) is 23.5. The molecular weight excluding hydrogens is 488 g/mol.